The number of benzene rings is 2. The summed E-state index contributed by atoms with van der Waals surface area (Å²) in [6.45, 7) is 0.0638. The molecule has 1 unspecified atom stereocenters. The Morgan fingerprint density at radius 1 is 1.13 bits per heavy atom. The van der Waals surface area contributed by atoms with Gasteiger partial charge in [0.05, 0.1) is 11.8 Å². The molecule has 5 nitrogen and oxygen atoms in total. The highest BCUT2D eigenvalue weighted by molar-refractivity contribution is 5.80. The number of alkyl halides is 3. The monoisotopic (exact) mass is 431 g/mol. The van der Waals surface area contributed by atoms with Gasteiger partial charge in [0, 0.05) is 17.7 Å². The van der Waals surface area contributed by atoms with Gasteiger partial charge < -0.3 is 14.0 Å². The maximum absolute atomic E-state index is 12.6. The minimum absolute atomic E-state index is 0.0638. The van der Waals surface area contributed by atoms with Crippen molar-refractivity contribution >= 4 is 23.5 Å². The number of nitrogens with zero attached hydrogens (tertiary/aromatic N) is 1. The first kappa shape index (κ1) is 21.0. The zero-order valence-electron chi connectivity index (χ0n) is 16.5. The first-order valence-electron chi connectivity index (χ1n) is 9.87. The summed E-state index contributed by atoms with van der Waals surface area (Å²) < 4.78 is 49.2. The third kappa shape index (κ3) is 5.45. The smallest absolute Gasteiger partial charge is 0.416 e. The molecule has 1 fully saturated rings. The molecule has 4 rings (SSSR count). The maximum Gasteiger partial charge on any atom is 0.416 e. The molecule has 8 heteroatoms. The predicted molar refractivity (Wildman–Crippen MR) is 108 cm³/mol. The molecule has 0 spiro atoms. The molecular formula is C23H20F3NO4. The molecule has 0 radical (unpaired) electrons. The van der Waals surface area contributed by atoms with Crippen LogP contribution in [0.2, 0.25) is 0 Å². The van der Waals surface area contributed by atoms with E-state index in [9.17, 15) is 18.0 Å². The summed E-state index contributed by atoms with van der Waals surface area (Å²) in [5.74, 6) is 1.60. The van der Waals surface area contributed by atoms with Crippen molar-refractivity contribution < 1.29 is 32.0 Å². The van der Waals surface area contributed by atoms with Crippen molar-refractivity contribution in [3.63, 3.8) is 0 Å². The molecule has 1 atom stereocenters. The van der Waals surface area contributed by atoms with Gasteiger partial charge in [-0.05, 0) is 54.8 Å². The molecule has 1 heterocycles. The minimum atomic E-state index is -4.36. The molecule has 0 amide bonds. The fraction of sp³-hybridized carbons (Fsp3) is 0.304. The lowest BCUT2D eigenvalue weighted by Gasteiger charge is -2.12. The van der Waals surface area contributed by atoms with Crippen molar-refractivity contribution in [2.45, 2.75) is 38.1 Å². The van der Waals surface area contributed by atoms with Crippen molar-refractivity contribution in [1.29, 1.82) is 0 Å². The first-order chi connectivity index (χ1) is 14.9. The van der Waals surface area contributed by atoms with Crippen LogP contribution in [-0.2, 0) is 28.8 Å². The average Bonchev–Trinajstić information content (AvgIpc) is 3.51. The number of hydrogen-bond acceptors (Lipinski definition) is 5. The van der Waals surface area contributed by atoms with Gasteiger partial charge in [-0.1, -0.05) is 17.3 Å². The van der Waals surface area contributed by atoms with E-state index in [4.69, 9.17) is 14.0 Å². The second-order valence-corrected chi connectivity index (χ2v) is 7.43. The number of halogens is 3. The number of hydrogen-bond donors (Lipinski definition) is 0. The van der Waals surface area contributed by atoms with Crippen LogP contribution >= 0.6 is 0 Å². The van der Waals surface area contributed by atoms with E-state index in [-0.39, 0.29) is 6.61 Å². The van der Waals surface area contributed by atoms with Crippen molar-refractivity contribution in [3.05, 3.63) is 65.4 Å². The fourth-order valence-corrected chi connectivity index (χ4v) is 3.15. The lowest BCUT2D eigenvalue weighted by atomic mass is 10.1. The van der Waals surface area contributed by atoms with Crippen molar-refractivity contribution in [2.24, 2.45) is 11.1 Å². The van der Waals surface area contributed by atoms with Crippen LogP contribution in [0.3, 0.4) is 0 Å². The van der Waals surface area contributed by atoms with Gasteiger partial charge in [-0.2, -0.15) is 13.2 Å². The third-order valence-electron chi connectivity index (χ3n) is 4.99. The summed E-state index contributed by atoms with van der Waals surface area (Å²) in [5, 5.41) is 4.68. The lowest BCUT2D eigenvalue weighted by molar-refractivity contribution is -0.137. The van der Waals surface area contributed by atoms with Crippen molar-refractivity contribution in [2.75, 3.05) is 0 Å². The van der Waals surface area contributed by atoms with Crippen molar-refractivity contribution in [3.8, 4) is 5.75 Å². The van der Waals surface area contributed by atoms with E-state index >= 15 is 0 Å². The standard InChI is InChI=1S/C23H20F3NO4/c24-23(25,26)18-5-1-15(2-6-18)14-29-27-10-9-20-12-17-11-19(7-8-21(17)30-20)31-22(13-28)16-3-4-16/h1-2,5-8,10-13,16,22H,3-4,9,14H2. The van der Waals surface area contributed by atoms with Gasteiger partial charge in [-0.15, -0.1) is 0 Å². The highest BCUT2D eigenvalue weighted by atomic mass is 19.4. The predicted octanol–water partition coefficient (Wildman–Crippen LogP) is 5.55. The van der Waals surface area contributed by atoms with Gasteiger partial charge in [-0.3, -0.25) is 4.79 Å². The van der Waals surface area contributed by atoms with Gasteiger partial charge in [0.15, 0.2) is 12.4 Å². The van der Waals surface area contributed by atoms with E-state index < -0.39 is 17.8 Å². The van der Waals surface area contributed by atoms with Crippen LogP contribution in [0.1, 0.15) is 29.7 Å². The molecule has 31 heavy (non-hydrogen) atoms. The van der Waals surface area contributed by atoms with Crippen LogP contribution in [0.5, 0.6) is 5.75 Å². The van der Waals surface area contributed by atoms with Gasteiger partial charge >= 0.3 is 6.18 Å². The van der Waals surface area contributed by atoms with E-state index in [2.05, 4.69) is 5.16 Å². The quantitative estimate of drug-likeness (QED) is 0.253. The first-order valence-corrected chi connectivity index (χ1v) is 9.87. The summed E-state index contributed by atoms with van der Waals surface area (Å²) in [4.78, 5) is 16.3. The minimum Gasteiger partial charge on any atom is -0.483 e. The third-order valence-corrected chi connectivity index (χ3v) is 4.99. The second-order valence-electron chi connectivity index (χ2n) is 7.43. The zero-order chi connectivity index (χ0) is 21.8. The SMILES string of the molecule is O=CC(Oc1ccc2oc(CC=NOCc3ccc(C(F)(F)F)cc3)cc2c1)C1CC1. The number of rotatable bonds is 9. The Morgan fingerprint density at radius 2 is 1.90 bits per heavy atom. The normalized spacial score (nSPS) is 15.3. The molecular weight excluding hydrogens is 411 g/mol. The van der Waals surface area contributed by atoms with E-state index in [0.717, 1.165) is 36.6 Å². The van der Waals surface area contributed by atoms with Gasteiger partial charge in [0.1, 0.15) is 23.7 Å². The van der Waals surface area contributed by atoms with Crippen molar-refractivity contribution in [1.82, 2.24) is 0 Å². The Balaban J connectivity index is 1.29. The van der Waals surface area contributed by atoms with Crippen LogP contribution in [0.25, 0.3) is 11.0 Å². The molecule has 2 aromatic carbocycles. The molecule has 3 aromatic rings. The summed E-state index contributed by atoms with van der Waals surface area (Å²) >= 11 is 0. The number of aldehydes is 1. The molecule has 0 aliphatic heterocycles. The summed E-state index contributed by atoms with van der Waals surface area (Å²) in [7, 11) is 0. The molecule has 1 aromatic heterocycles. The molecule has 0 saturated heterocycles. The summed E-state index contributed by atoms with van der Waals surface area (Å²) in [6, 6.07) is 12.0. The number of ether oxygens (including phenoxy) is 1. The highest BCUT2D eigenvalue weighted by Crippen LogP contribution is 2.35. The second kappa shape index (κ2) is 8.83. The zero-order valence-corrected chi connectivity index (χ0v) is 16.5. The fourth-order valence-electron chi connectivity index (χ4n) is 3.15. The Morgan fingerprint density at radius 3 is 2.58 bits per heavy atom. The molecule has 1 aliphatic carbocycles. The van der Waals surface area contributed by atoms with Gasteiger partial charge in [0.2, 0.25) is 0 Å². The van der Waals surface area contributed by atoms with E-state index in [0.29, 0.717) is 35.0 Å². The van der Waals surface area contributed by atoms with E-state index in [1.807, 2.05) is 12.1 Å². The number of carbonyl (C=O) groups excluding carboxylic acids is 1. The largest absolute Gasteiger partial charge is 0.483 e. The number of fused-ring (bicyclic) bond motifs is 1. The van der Waals surface area contributed by atoms with E-state index in [1.165, 1.54) is 18.3 Å². The van der Waals surface area contributed by atoms with E-state index in [1.54, 1.807) is 12.1 Å². The topological polar surface area (TPSA) is 61.0 Å². The molecule has 0 N–H and O–H groups in total. The Hall–Kier alpha value is -3.29. The van der Waals surface area contributed by atoms with Crippen LogP contribution in [-0.4, -0.2) is 18.6 Å². The van der Waals surface area contributed by atoms with Crippen LogP contribution in [0.15, 0.2) is 58.1 Å². The van der Waals surface area contributed by atoms with Crippen LogP contribution in [0, 0.1) is 5.92 Å². The molecule has 0 bridgehead atoms. The number of oxime groups is 1. The Labute approximate surface area is 176 Å². The van der Waals surface area contributed by atoms with Gasteiger partial charge in [0.25, 0.3) is 0 Å². The van der Waals surface area contributed by atoms with Gasteiger partial charge in [-0.25, -0.2) is 0 Å². The maximum atomic E-state index is 12.6. The summed E-state index contributed by atoms with van der Waals surface area (Å²) in [6.07, 6.45) is 0.0291. The summed E-state index contributed by atoms with van der Waals surface area (Å²) in [5.41, 5.74) is 0.573. The Bertz CT molecular complexity index is 1070. The molecule has 1 saturated carbocycles. The number of carbonyl (C=O) groups is 1. The Kier molecular flexibility index (Phi) is 5.97. The van der Waals surface area contributed by atoms with Crippen LogP contribution in [0.4, 0.5) is 13.2 Å². The highest BCUT2D eigenvalue weighted by Gasteiger charge is 2.32. The molecule has 162 valence electrons. The van der Waals surface area contributed by atoms with Crippen LogP contribution < -0.4 is 4.74 Å². The molecule has 1 aliphatic rings. The average molecular weight is 431 g/mol. The lowest BCUT2D eigenvalue weighted by Crippen LogP contribution is -2.20. The number of furan rings is 1.